The monoisotopic (exact) mass is 1040 g/mol. The van der Waals surface area contributed by atoms with E-state index in [4.69, 9.17) is 0 Å². The second-order valence-corrected chi connectivity index (χ2v) is 27.2. The van der Waals surface area contributed by atoms with Gasteiger partial charge in [0.05, 0.1) is 0 Å². The number of rotatable bonds is 15. The van der Waals surface area contributed by atoms with Crippen LogP contribution in [0.5, 0.6) is 0 Å². The van der Waals surface area contributed by atoms with Crippen molar-refractivity contribution in [2.45, 2.75) is 196 Å². The smallest absolute Gasteiger partial charge is 0.146 e. The molecule has 0 aliphatic rings. The van der Waals surface area contributed by atoms with Crippen LogP contribution in [0.1, 0.15) is 218 Å². The average Bonchev–Trinajstić information content (AvgIpc) is 3.43. The summed E-state index contributed by atoms with van der Waals surface area (Å²) in [4.78, 5) is 0. The summed E-state index contributed by atoms with van der Waals surface area (Å²) in [5.41, 5.74) is 19.0. The van der Waals surface area contributed by atoms with Crippen molar-refractivity contribution in [2.24, 2.45) is 0 Å². The van der Waals surface area contributed by atoms with E-state index in [2.05, 4.69) is 250 Å². The van der Waals surface area contributed by atoms with Gasteiger partial charge in [-0.1, -0.05) is 210 Å². The maximum atomic E-state index is 9.96. The highest BCUT2D eigenvalue weighted by atomic mass is 28.3. The molecule has 0 heterocycles. The van der Waals surface area contributed by atoms with Gasteiger partial charge in [-0.25, -0.2) is 0 Å². The molecule has 0 radical (unpaired) electrons. The molecule has 78 heavy (non-hydrogen) atoms. The summed E-state index contributed by atoms with van der Waals surface area (Å²) in [7, 11) is -1.80. The molecule has 0 aliphatic carbocycles. The fourth-order valence-corrected chi connectivity index (χ4v) is 14.7. The quantitative estimate of drug-likeness (QED) is 0.0929. The Hall–Kier alpha value is -7.24. The van der Waals surface area contributed by atoms with Crippen molar-refractivity contribution < 1.29 is 5.11 Å². The van der Waals surface area contributed by atoms with Crippen LogP contribution >= 0.6 is 0 Å². The Morgan fingerprint density at radius 2 is 0.513 bits per heavy atom. The first kappa shape index (κ1) is 63.3. The highest BCUT2D eigenvalue weighted by Gasteiger charge is 2.41. The lowest BCUT2D eigenvalue weighted by Gasteiger charge is -2.38. The van der Waals surface area contributed by atoms with E-state index in [1.54, 1.807) is 13.8 Å². The molecule has 0 unspecified atom stereocenters. The van der Waals surface area contributed by atoms with E-state index in [1.165, 1.54) is 0 Å². The van der Waals surface area contributed by atoms with E-state index in [-0.39, 0.29) is 0 Å². The first-order valence-electron chi connectivity index (χ1n) is 29.0. The van der Waals surface area contributed by atoms with Crippen LogP contribution in [0.25, 0.3) is 0 Å². The molecule has 400 valence electrons. The number of hydrogen-bond acceptors (Lipinski definition) is 1. The maximum absolute atomic E-state index is 9.96. The Labute approximate surface area is 476 Å². The van der Waals surface area contributed by atoms with Gasteiger partial charge in [-0.2, -0.15) is 0 Å². The minimum atomic E-state index is -1.80. The molecule has 0 aromatic heterocycles. The minimum Gasteiger partial charge on any atom is -0.378 e. The Kier molecular flexibility index (Phi) is 26.9. The van der Waals surface area contributed by atoms with Gasteiger partial charge in [-0.3, -0.25) is 0 Å². The summed E-state index contributed by atoms with van der Waals surface area (Å²) in [5.74, 6) is 51.2. The van der Waals surface area contributed by atoms with Crippen molar-refractivity contribution in [2.75, 3.05) is 0 Å². The van der Waals surface area contributed by atoms with Crippen molar-refractivity contribution in [1.82, 2.24) is 0 Å². The zero-order valence-corrected chi connectivity index (χ0v) is 50.9. The maximum Gasteiger partial charge on any atom is 0.146 e. The SMILES string of the molecule is CCC/C(C#Cc1ccc(C#C/C(CCC)=C(/C#Cc2ccc(C#CC(C)(C)O)cc2)CCC)cc1)=C(\C#Cc1ccc(C#C/C(CCC)=C(/C#Cc2ccc(C#C[Si](C(C)C)(C(C)C)C(C)C)cc2)CCC)cc1)CCC. The van der Waals surface area contributed by atoms with Crippen LogP contribution in [0.3, 0.4) is 0 Å². The molecule has 0 amide bonds. The summed E-state index contributed by atoms with van der Waals surface area (Å²) in [6.07, 6.45) is 11.3. The zero-order chi connectivity index (χ0) is 56.9. The van der Waals surface area contributed by atoms with E-state index in [9.17, 15) is 5.11 Å². The molecular formula is C76H86OSi. The lowest BCUT2D eigenvalue weighted by atomic mass is 9.99. The van der Waals surface area contributed by atoms with Crippen molar-refractivity contribution in [3.63, 3.8) is 0 Å². The molecule has 4 aromatic rings. The van der Waals surface area contributed by atoms with Gasteiger partial charge in [0.1, 0.15) is 13.7 Å². The molecule has 0 saturated carbocycles. The van der Waals surface area contributed by atoms with Gasteiger partial charge in [-0.05, 0) is 166 Å². The van der Waals surface area contributed by atoms with E-state index >= 15 is 0 Å². The third kappa shape index (κ3) is 20.9. The summed E-state index contributed by atoms with van der Waals surface area (Å²) < 4.78 is 0. The summed E-state index contributed by atoms with van der Waals surface area (Å²) in [6, 6.07) is 32.9. The summed E-state index contributed by atoms with van der Waals surface area (Å²) in [5, 5.41) is 9.96. The van der Waals surface area contributed by atoms with E-state index in [0.29, 0.717) is 16.6 Å². The normalized spacial score (nSPS) is 11.8. The third-order valence-electron chi connectivity index (χ3n) is 13.6. The van der Waals surface area contributed by atoms with E-state index in [1.807, 2.05) is 24.3 Å². The Morgan fingerprint density at radius 1 is 0.333 bits per heavy atom. The molecule has 1 N–H and O–H groups in total. The fourth-order valence-electron chi connectivity index (χ4n) is 9.50. The predicted octanol–water partition coefficient (Wildman–Crippen LogP) is 18.3. The lowest BCUT2D eigenvalue weighted by molar-refractivity contribution is 0.143. The van der Waals surface area contributed by atoms with Crippen molar-refractivity contribution in [1.29, 1.82) is 0 Å². The number of hydrogen-bond donors (Lipinski definition) is 1. The van der Waals surface area contributed by atoms with Gasteiger partial charge in [0.25, 0.3) is 0 Å². The largest absolute Gasteiger partial charge is 0.378 e. The average molecular weight is 1040 g/mol. The lowest BCUT2D eigenvalue weighted by Crippen LogP contribution is -2.43. The molecule has 2 heteroatoms. The van der Waals surface area contributed by atoms with Crippen LogP contribution in [0.15, 0.2) is 131 Å². The van der Waals surface area contributed by atoms with Crippen LogP contribution < -0.4 is 0 Å². The third-order valence-corrected chi connectivity index (χ3v) is 19.9. The van der Waals surface area contributed by atoms with Gasteiger partial charge in [0.15, 0.2) is 0 Å². The second-order valence-electron chi connectivity index (χ2n) is 21.6. The van der Waals surface area contributed by atoms with Gasteiger partial charge < -0.3 is 5.11 Å². The van der Waals surface area contributed by atoms with E-state index < -0.39 is 13.7 Å². The topological polar surface area (TPSA) is 20.2 Å². The first-order chi connectivity index (χ1) is 37.5. The summed E-state index contributed by atoms with van der Waals surface area (Å²) in [6.45, 7) is 30.7. The van der Waals surface area contributed by atoms with Crippen molar-refractivity contribution >= 4 is 8.07 Å². The van der Waals surface area contributed by atoms with Crippen LogP contribution in [-0.2, 0) is 0 Å². The summed E-state index contributed by atoms with van der Waals surface area (Å²) >= 11 is 0. The standard InChI is InChI=1S/C76H86OSi/c1-15-21-70(49-43-62-27-31-64(32-28-62)45-51-72(23-17-3)74(25-19-5)53-47-66-35-39-68(40-36-66)55-57-76(13,14)77)71(22-16-2)50-44-63-29-33-65(34-30-63)46-52-73(24-18-4)75(26-20-6)54-48-67-37-41-69(42-38-67)56-58-78(59(7)8,60(9)10)61(11)12/h27-42,59-61,77H,15-26H2,1-14H3/b71-70+,74-72+,75-73+. The molecule has 0 spiro atoms. The number of aliphatic hydroxyl groups is 1. The van der Waals surface area contributed by atoms with Crippen molar-refractivity contribution in [3.05, 3.63) is 175 Å². The number of allylic oxidation sites excluding steroid dienone is 6. The minimum absolute atomic E-state index is 0.606. The van der Waals surface area contributed by atoms with Gasteiger partial charge in [-0.15, -0.1) is 5.54 Å². The fraction of sp³-hybridized carbons (Fsp3) is 0.395. The first-order valence-corrected chi connectivity index (χ1v) is 31.2. The predicted molar refractivity (Wildman–Crippen MR) is 339 cm³/mol. The Bertz CT molecular complexity index is 3220. The molecule has 0 saturated heterocycles. The highest BCUT2D eigenvalue weighted by molar-refractivity contribution is 6.90. The number of benzene rings is 4. The molecule has 4 aromatic carbocycles. The Morgan fingerprint density at radius 3 is 0.679 bits per heavy atom. The molecule has 4 rings (SSSR count). The van der Waals surface area contributed by atoms with E-state index in [0.717, 1.165) is 155 Å². The molecular weight excluding hydrogens is 957 g/mol. The van der Waals surface area contributed by atoms with Gasteiger partial charge in [0.2, 0.25) is 0 Å². The van der Waals surface area contributed by atoms with Crippen molar-refractivity contribution in [3.8, 4) is 94.4 Å². The molecule has 0 fully saturated rings. The van der Waals surface area contributed by atoms with Crippen LogP contribution in [0.2, 0.25) is 16.6 Å². The zero-order valence-electron chi connectivity index (χ0n) is 49.9. The van der Waals surface area contributed by atoms with Crippen LogP contribution in [0.4, 0.5) is 0 Å². The Balaban J connectivity index is 1.55. The van der Waals surface area contributed by atoms with Crippen LogP contribution in [-0.4, -0.2) is 18.8 Å². The molecule has 0 atom stereocenters. The van der Waals surface area contributed by atoms with Gasteiger partial charge >= 0.3 is 0 Å². The second kappa shape index (κ2) is 33.1. The highest BCUT2D eigenvalue weighted by Crippen LogP contribution is 2.41. The van der Waals surface area contributed by atoms with Crippen LogP contribution in [0, 0.1) is 94.4 Å². The van der Waals surface area contributed by atoms with Gasteiger partial charge in [0, 0.05) is 77.9 Å². The molecule has 0 bridgehead atoms. The molecule has 0 aliphatic heterocycles. The molecule has 1 nitrogen and oxygen atoms in total.